The number of rotatable bonds is 48. The highest BCUT2D eigenvalue weighted by atomic mass is 16.6. The third-order valence-corrected chi connectivity index (χ3v) is 11.4. The Morgan fingerprint density at radius 2 is 0.582 bits per heavy atom. The second kappa shape index (κ2) is 54.7. The Morgan fingerprint density at radius 3 is 0.940 bits per heavy atom. The monoisotopic (exact) mass is 929 g/mol. The molecule has 0 aliphatic rings. The second-order valence-corrected chi connectivity index (χ2v) is 17.9. The average molecular weight is 929 g/mol. The van der Waals surface area contributed by atoms with Crippen LogP contribution >= 0.6 is 0 Å². The molecule has 0 aromatic rings. The van der Waals surface area contributed by atoms with E-state index in [1.165, 1.54) is 77.0 Å². The van der Waals surface area contributed by atoms with E-state index in [2.05, 4.69) is 112 Å². The smallest absolute Gasteiger partial charge is 0.306 e. The molecule has 0 rings (SSSR count). The van der Waals surface area contributed by atoms with Crippen LogP contribution in [0.3, 0.4) is 0 Å². The fourth-order valence-corrected chi connectivity index (χ4v) is 7.27. The Bertz CT molecular complexity index is 1390. The summed E-state index contributed by atoms with van der Waals surface area (Å²) >= 11 is 0. The minimum atomic E-state index is -0.813. The van der Waals surface area contributed by atoms with Crippen molar-refractivity contribution in [2.24, 2.45) is 0 Å². The van der Waals surface area contributed by atoms with Gasteiger partial charge in [0, 0.05) is 19.3 Å². The van der Waals surface area contributed by atoms with E-state index in [1.54, 1.807) is 0 Å². The highest BCUT2D eigenvalue weighted by Crippen LogP contribution is 2.13. The van der Waals surface area contributed by atoms with E-state index in [9.17, 15) is 14.4 Å². The van der Waals surface area contributed by atoms with Gasteiger partial charge in [-0.05, 0) is 89.9 Å². The second-order valence-electron chi connectivity index (χ2n) is 17.9. The van der Waals surface area contributed by atoms with Crippen LogP contribution in [0.15, 0.2) is 109 Å². The van der Waals surface area contributed by atoms with Crippen molar-refractivity contribution in [3.63, 3.8) is 0 Å². The number of hydrogen-bond donors (Lipinski definition) is 0. The molecule has 6 heteroatoms. The standard InChI is InChI=1S/C61H100O6/c1-4-7-10-13-16-19-22-25-28-30-31-34-36-39-42-45-48-51-54-60(63)66-57-58(56-65-59(62)53-50-47-44-41-38-35-32-27-24-21-18-15-12-9-6-3)67-61(64)55-52-49-46-43-40-37-33-29-26-23-20-17-14-11-8-5-2/h9,12,15,18,21-22,24-25,27-34,37,40,58H,4-8,10-11,13-14,16-17,19-20,23,26,35-36,38-39,41-57H2,1-3H3/b12-9-,18-15-,24-21-,25-22-,30-28-,32-27-,33-29-,34-31-,40-37-. The van der Waals surface area contributed by atoms with Crippen molar-refractivity contribution >= 4 is 17.9 Å². The average Bonchev–Trinajstić information content (AvgIpc) is 3.33. The Labute approximate surface area is 412 Å². The lowest BCUT2D eigenvalue weighted by Gasteiger charge is -2.18. The van der Waals surface area contributed by atoms with Crippen LogP contribution < -0.4 is 0 Å². The lowest BCUT2D eigenvalue weighted by atomic mass is 10.1. The van der Waals surface area contributed by atoms with Gasteiger partial charge < -0.3 is 14.2 Å². The summed E-state index contributed by atoms with van der Waals surface area (Å²) in [5.74, 6) is -0.979. The summed E-state index contributed by atoms with van der Waals surface area (Å²) in [6.07, 6.45) is 73.5. The van der Waals surface area contributed by atoms with Gasteiger partial charge in [0.25, 0.3) is 0 Å². The molecule has 0 aliphatic heterocycles. The van der Waals surface area contributed by atoms with Gasteiger partial charge in [-0.3, -0.25) is 14.4 Å². The van der Waals surface area contributed by atoms with E-state index < -0.39 is 6.10 Å². The SMILES string of the molecule is CC\C=C/C=C\C=C/C=C\CCCCCCCC(=O)OCC(COC(=O)CCCCCCC\C=C/C=C\C=C/CCCCCCC)OC(=O)CCCCC/C=C\C=C/CCCCCCCCC. The first kappa shape index (κ1) is 63.1. The van der Waals surface area contributed by atoms with E-state index in [1.807, 2.05) is 18.2 Å². The molecular formula is C61H100O6. The summed E-state index contributed by atoms with van der Waals surface area (Å²) in [6.45, 7) is 6.41. The van der Waals surface area contributed by atoms with Crippen LogP contribution in [0.2, 0.25) is 0 Å². The fourth-order valence-electron chi connectivity index (χ4n) is 7.27. The van der Waals surface area contributed by atoms with Crippen LogP contribution in [0.25, 0.3) is 0 Å². The maximum absolute atomic E-state index is 12.8. The maximum Gasteiger partial charge on any atom is 0.306 e. The quantitative estimate of drug-likeness (QED) is 0.0262. The zero-order chi connectivity index (χ0) is 48.6. The van der Waals surface area contributed by atoms with E-state index in [0.717, 1.165) is 122 Å². The van der Waals surface area contributed by atoms with Gasteiger partial charge in [-0.1, -0.05) is 239 Å². The molecule has 0 saturated heterocycles. The molecule has 0 fully saturated rings. The minimum absolute atomic E-state index is 0.109. The topological polar surface area (TPSA) is 78.9 Å². The molecular weight excluding hydrogens is 829 g/mol. The molecule has 0 saturated carbocycles. The molecule has 0 bridgehead atoms. The van der Waals surface area contributed by atoms with Crippen molar-refractivity contribution < 1.29 is 28.6 Å². The molecule has 0 heterocycles. The third kappa shape index (κ3) is 52.9. The van der Waals surface area contributed by atoms with Crippen molar-refractivity contribution in [1.82, 2.24) is 0 Å². The minimum Gasteiger partial charge on any atom is -0.462 e. The Kier molecular flexibility index (Phi) is 51.5. The van der Waals surface area contributed by atoms with E-state index in [4.69, 9.17) is 14.2 Å². The molecule has 0 spiro atoms. The number of carbonyl (C=O) groups is 3. The first-order valence-corrected chi connectivity index (χ1v) is 27.5. The van der Waals surface area contributed by atoms with E-state index >= 15 is 0 Å². The number of hydrogen-bond acceptors (Lipinski definition) is 6. The summed E-state index contributed by atoms with van der Waals surface area (Å²) in [7, 11) is 0. The normalized spacial score (nSPS) is 12.9. The first-order chi connectivity index (χ1) is 33.0. The summed E-state index contributed by atoms with van der Waals surface area (Å²) in [5.41, 5.74) is 0. The van der Waals surface area contributed by atoms with Gasteiger partial charge in [-0.25, -0.2) is 0 Å². The zero-order valence-corrected chi connectivity index (χ0v) is 43.4. The molecule has 1 atom stereocenters. The number of esters is 3. The van der Waals surface area contributed by atoms with Crippen molar-refractivity contribution in [1.29, 1.82) is 0 Å². The molecule has 0 N–H and O–H groups in total. The molecule has 67 heavy (non-hydrogen) atoms. The number of unbranched alkanes of at least 4 members (excludes halogenated alkanes) is 25. The van der Waals surface area contributed by atoms with Crippen LogP contribution in [0, 0.1) is 0 Å². The summed E-state index contributed by atoms with van der Waals surface area (Å²) in [6, 6.07) is 0. The van der Waals surface area contributed by atoms with Crippen LogP contribution in [-0.4, -0.2) is 37.2 Å². The molecule has 380 valence electrons. The first-order valence-electron chi connectivity index (χ1n) is 27.5. The fraction of sp³-hybridized carbons (Fsp3) is 0.656. The zero-order valence-electron chi connectivity index (χ0n) is 43.4. The van der Waals surface area contributed by atoms with Gasteiger partial charge in [0.2, 0.25) is 0 Å². The van der Waals surface area contributed by atoms with Crippen LogP contribution in [-0.2, 0) is 28.6 Å². The predicted octanol–water partition coefficient (Wildman–Crippen LogP) is 18.3. The van der Waals surface area contributed by atoms with Crippen LogP contribution in [0.5, 0.6) is 0 Å². The summed E-state index contributed by atoms with van der Waals surface area (Å²) < 4.78 is 16.8. The lowest BCUT2D eigenvalue weighted by Crippen LogP contribution is -2.30. The van der Waals surface area contributed by atoms with Gasteiger partial charge in [0.1, 0.15) is 13.2 Å². The summed E-state index contributed by atoms with van der Waals surface area (Å²) in [5, 5.41) is 0. The highest BCUT2D eigenvalue weighted by molar-refractivity contribution is 5.71. The van der Waals surface area contributed by atoms with Crippen LogP contribution in [0.4, 0.5) is 0 Å². The molecule has 1 unspecified atom stereocenters. The molecule has 0 aromatic carbocycles. The molecule has 6 nitrogen and oxygen atoms in total. The van der Waals surface area contributed by atoms with Crippen molar-refractivity contribution in [3.8, 4) is 0 Å². The van der Waals surface area contributed by atoms with Crippen LogP contribution in [0.1, 0.15) is 239 Å². The van der Waals surface area contributed by atoms with Gasteiger partial charge in [0.05, 0.1) is 0 Å². The Balaban J connectivity index is 4.52. The molecule has 0 aromatic heterocycles. The molecule has 0 radical (unpaired) electrons. The Morgan fingerprint density at radius 1 is 0.313 bits per heavy atom. The number of carbonyl (C=O) groups excluding carboxylic acids is 3. The largest absolute Gasteiger partial charge is 0.462 e. The van der Waals surface area contributed by atoms with Gasteiger partial charge in [0.15, 0.2) is 6.10 Å². The van der Waals surface area contributed by atoms with Crippen molar-refractivity contribution in [3.05, 3.63) is 109 Å². The summed E-state index contributed by atoms with van der Waals surface area (Å²) in [4.78, 5) is 38.1. The number of ether oxygens (including phenoxy) is 3. The Hall–Kier alpha value is -3.93. The van der Waals surface area contributed by atoms with E-state index in [-0.39, 0.29) is 37.5 Å². The van der Waals surface area contributed by atoms with Gasteiger partial charge >= 0.3 is 17.9 Å². The third-order valence-electron chi connectivity index (χ3n) is 11.4. The highest BCUT2D eigenvalue weighted by Gasteiger charge is 2.19. The number of allylic oxidation sites excluding steroid dienone is 18. The maximum atomic E-state index is 12.8. The van der Waals surface area contributed by atoms with Gasteiger partial charge in [-0.15, -0.1) is 0 Å². The van der Waals surface area contributed by atoms with Gasteiger partial charge in [-0.2, -0.15) is 0 Å². The molecule has 0 aliphatic carbocycles. The van der Waals surface area contributed by atoms with Crippen molar-refractivity contribution in [2.45, 2.75) is 245 Å². The lowest BCUT2D eigenvalue weighted by molar-refractivity contribution is -0.167. The van der Waals surface area contributed by atoms with E-state index in [0.29, 0.717) is 12.8 Å². The predicted molar refractivity (Wildman–Crippen MR) is 288 cm³/mol. The molecule has 0 amide bonds. The van der Waals surface area contributed by atoms with Crippen molar-refractivity contribution in [2.75, 3.05) is 13.2 Å².